The molecule has 5 nitrogen and oxygen atoms in total. The molecule has 0 aromatic rings. The molecular formula is C8H15O5P. The zero-order valence-corrected chi connectivity index (χ0v) is 9.29. The normalized spacial score (nSPS) is 22.4. The molecule has 1 heterocycles. The van der Waals surface area contributed by atoms with Crippen molar-refractivity contribution in [2.24, 2.45) is 0 Å². The Morgan fingerprint density at radius 3 is 2.36 bits per heavy atom. The van der Waals surface area contributed by atoms with Gasteiger partial charge < -0.3 is 13.8 Å². The quantitative estimate of drug-likeness (QED) is 0.525. The summed E-state index contributed by atoms with van der Waals surface area (Å²) in [5.74, 6) is -1.05. The van der Waals surface area contributed by atoms with E-state index in [2.05, 4.69) is 0 Å². The maximum Gasteiger partial charge on any atom is 0.370 e. The average molecular weight is 222 g/mol. The number of rotatable bonds is 5. The van der Waals surface area contributed by atoms with Gasteiger partial charge in [0.1, 0.15) is 0 Å². The fourth-order valence-corrected chi connectivity index (χ4v) is 3.12. The van der Waals surface area contributed by atoms with Gasteiger partial charge in [-0.3, -0.25) is 9.36 Å². The summed E-state index contributed by atoms with van der Waals surface area (Å²) in [6.07, 6.45) is 0.699. The van der Waals surface area contributed by atoms with Crippen molar-refractivity contribution < 1.29 is 23.1 Å². The van der Waals surface area contributed by atoms with Crippen LogP contribution in [0, 0.1) is 0 Å². The maximum absolute atomic E-state index is 12.0. The smallest absolute Gasteiger partial charge is 0.370 e. The Hall–Kier alpha value is -0.380. The molecule has 0 aliphatic carbocycles. The molecule has 82 valence electrons. The van der Waals surface area contributed by atoms with Crippen molar-refractivity contribution in [3.05, 3.63) is 0 Å². The molecule has 0 N–H and O–H groups in total. The molecule has 0 amide bonds. The number of cyclic esters (lactones) is 1. The summed E-state index contributed by atoms with van der Waals surface area (Å²) in [5, 5.41) is 0. The van der Waals surface area contributed by atoms with Crippen molar-refractivity contribution in [1.82, 2.24) is 0 Å². The predicted octanol–water partition coefficient (Wildman–Crippen LogP) is 1.92. The molecule has 6 heteroatoms. The van der Waals surface area contributed by atoms with Crippen LogP contribution in [0.3, 0.4) is 0 Å². The van der Waals surface area contributed by atoms with Gasteiger partial charge in [-0.15, -0.1) is 0 Å². The summed E-state index contributed by atoms with van der Waals surface area (Å²) in [6.45, 7) is 4.02. The van der Waals surface area contributed by atoms with E-state index < -0.39 is 13.4 Å². The summed E-state index contributed by atoms with van der Waals surface area (Å²) >= 11 is 0. The van der Waals surface area contributed by atoms with E-state index in [1.165, 1.54) is 0 Å². The zero-order valence-electron chi connectivity index (χ0n) is 8.39. The average Bonchev–Trinajstić information content (AvgIpc) is 2.53. The van der Waals surface area contributed by atoms with Crippen LogP contribution in [0.4, 0.5) is 0 Å². The van der Waals surface area contributed by atoms with Gasteiger partial charge in [0.2, 0.25) is 5.85 Å². The first-order valence-electron chi connectivity index (χ1n) is 4.70. The monoisotopic (exact) mass is 222 g/mol. The third-order valence-corrected chi connectivity index (χ3v) is 4.14. The van der Waals surface area contributed by atoms with Crippen molar-refractivity contribution in [2.45, 2.75) is 32.5 Å². The molecule has 0 aromatic heterocycles. The second kappa shape index (κ2) is 4.91. The van der Waals surface area contributed by atoms with E-state index in [9.17, 15) is 9.36 Å². The van der Waals surface area contributed by atoms with E-state index in [1.54, 1.807) is 13.8 Å². The number of hydrogen-bond donors (Lipinski definition) is 0. The Kier molecular flexibility index (Phi) is 4.11. The van der Waals surface area contributed by atoms with E-state index in [0.29, 0.717) is 6.42 Å². The highest BCUT2D eigenvalue weighted by Gasteiger charge is 2.42. The Morgan fingerprint density at radius 2 is 2.00 bits per heavy atom. The maximum atomic E-state index is 12.0. The van der Waals surface area contributed by atoms with Crippen LogP contribution in [-0.4, -0.2) is 25.0 Å². The van der Waals surface area contributed by atoms with E-state index in [4.69, 9.17) is 13.8 Å². The number of ether oxygens (including phenoxy) is 1. The first-order valence-corrected chi connectivity index (χ1v) is 6.32. The van der Waals surface area contributed by atoms with Crippen molar-refractivity contribution in [3.8, 4) is 0 Å². The summed E-state index contributed by atoms with van der Waals surface area (Å²) in [4.78, 5) is 10.9. The molecule has 0 spiro atoms. The lowest BCUT2D eigenvalue weighted by molar-refractivity contribution is -0.139. The molecule has 1 saturated heterocycles. The van der Waals surface area contributed by atoms with Gasteiger partial charge in [0.15, 0.2) is 0 Å². The van der Waals surface area contributed by atoms with E-state index in [1.807, 2.05) is 0 Å². The van der Waals surface area contributed by atoms with E-state index >= 15 is 0 Å². The minimum Gasteiger partial charge on any atom is -0.449 e. The molecule has 0 radical (unpaired) electrons. The third kappa shape index (κ3) is 2.56. The number of carbonyl (C=O) groups is 1. The van der Waals surface area contributed by atoms with Gasteiger partial charge in [-0.2, -0.15) is 0 Å². The van der Waals surface area contributed by atoms with Gasteiger partial charge in [0, 0.05) is 12.8 Å². The molecule has 1 aliphatic rings. The topological polar surface area (TPSA) is 61.8 Å². The summed E-state index contributed by atoms with van der Waals surface area (Å²) in [5.41, 5.74) is 0. The SMILES string of the molecule is CCOP(=O)(OCC)[C@@H]1CCC(=O)O1. The summed E-state index contributed by atoms with van der Waals surface area (Å²) < 4.78 is 27.0. The van der Waals surface area contributed by atoms with Gasteiger partial charge >= 0.3 is 13.6 Å². The molecule has 1 rings (SSSR count). The third-order valence-electron chi connectivity index (χ3n) is 1.83. The molecule has 1 aliphatic heterocycles. The van der Waals surface area contributed by atoms with Gasteiger partial charge in [-0.25, -0.2) is 0 Å². The molecule has 0 aromatic carbocycles. The van der Waals surface area contributed by atoms with Crippen LogP contribution in [-0.2, 0) is 23.1 Å². The van der Waals surface area contributed by atoms with Crippen LogP contribution >= 0.6 is 7.60 Å². The minimum atomic E-state index is -3.25. The second-order valence-electron chi connectivity index (χ2n) is 2.86. The van der Waals surface area contributed by atoms with Crippen molar-refractivity contribution in [1.29, 1.82) is 0 Å². The van der Waals surface area contributed by atoms with Crippen molar-refractivity contribution in [3.63, 3.8) is 0 Å². The Bertz CT molecular complexity index is 242. The van der Waals surface area contributed by atoms with Crippen LogP contribution in [0.15, 0.2) is 0 Å². The lowest BCUT2D eigenvalue weighted by atomic mass is 10.4. The van der Waals surface area contributed by atoms with Gasteiger partial charge in [0.05, 0.1) is 13.2 Å². The minimum absolute atomic E-state index is 0.283. The molecular weight excluding hydrogens is 207 g/mol. The largest absolute Gasteiger partial charge is 0.449 e. The molecule has 1 atom stereocenters. The van der Waals surface area contributed by atoms with Crippen LogP contribution in [0.1, 0.15) is 26.7 Å². The fraction of sp³-hybridized carbons (Fsp3) is 0.875. The highest BCUT2D eigenvalue weighted by molar-refractivity contribution is 7.54. The second-order valence-corrected chi connectivity index (χ2v) is 5.03. The highest BCUT2D eigenvalue weighted by atomic mass is 31.2. The predicted molar refractivity (Wildman–Crippen MR) is 50.0 cm³/mol. The Labute approximate surface area is 83.3 Å². The van der Waals surface area contributed by atoms with Crippen LogP contribution in [0.5, 0.6) is 0 Å². The molecule has 0 bridgehead atoms. The van der Waals surface area contributed by atoms with Crippen LogP contribution in [0.25, 0.3) is 0 Å². The standard InChI is InChI=1S/C8H15O5P/c1-3-11-14(10,12-4-2)8-6-5-7(9)13-8/h8H,3-6H2,1-2H3/t8-/m1/s1. The first-order chi connectivity index (χ1) is 6.62. The van der Waals surface area contributed by atoms with Crippen LogP contribution in [0.2, 0.25) is 0 Å². The summed E-state index contributed by atoms with van der Waals surface area (Å²) in [7, 11) is -3.25. The lowest BCUT2D eigenvalue weighted by Crippen LogP contribution is -2.12. The molecule has 1 fully saturated rings. The first kappa shape index (κ1) is 11.7. The van der Waals surface area contributed by atoms with Gasteiger partial charge in [0.25, 0.3) is 0 Å². The summed E-state index contributed by atoms with van der Waals surface area (Å²) in [6, 6.07) is 0. The van der Waals surface area contributed by atoms with Crippen molar-refractivity contribution in [2.75, 3.05) is 13.2 Å². The van der Waals surface area contributed by atoms with Gasteiger partial charge in [-0.1, -0.05) is 0 Å². The number of hydrogen-bond acceptors (Lipinski definition) is 5. The van der Waals surface area contributed by atoms with E-state index in [-0.39, 0.29) is 25.6 Å². The van der Waals surface area contributed by atoms with Crippen LogP contribution < -0.4 is 0 Å². The molecule has 0 saturated carbocycles. The lowest BCUT2D eigenvalue weighted by Gasteiger charge is -2.21. The fourth-order valence-electron chi connectivity index (χ4n) is 1.30. The zero-order chi connectivity index (χ0) is 10.6. The Balaban J connectivity index is 2.66. The number of carbonyl (C=O) groups excluding carboxylic acids is 1. The highest BCUT2D eigenvalue weighted by Crippen LogP contribution is 2.56. The molecule has 14 heavy (non-hydrogen) atoms. The Morgan fingerprint density at radius 1 is 1.43 bits per heavy atom. The van der Waals surface area contributed by atoms with E-state index in [0.717, 1.165) is 0 Å². The molecule has 0 unspecified atom stereocenters. The number of esters is 1. The van der Waals surface area contributed by atoms with Gasteiger partial charge in [-0.05, 0) is 13.8 Å². The van der Waals surface area contributed by atoms with Crippen molar-refractivity contribution >= 4 is 13.6 Å².